The Balaban J connectivity index is 2.29. The summed E-state index contributed by atoms with van der Waals surface area (Å²) >= 11 is 1.58. The molecule has 0 aromatic carbocycles. The second kappa shape index (κ2) is 3.92. The number of carbonyl (C=O) groups excluding carboxylic acids is 1. The minimum Gasteiger partial charge on any atom is -0.297 e. The molecule has 90 valence electrons. The van der Waals surface area contributed by atoms with Gasteiger partial charge in [0.25, 0.3) is 0 Å². The number of nitrogens with zero attached hydrogens (tertiary/aromatic N) is 2. The summed E-state index contributed by atoms with van der Waals surface area (Å²) in [4.78, 5) is 17.6. The Morgan fingerprint density at radius 3 is 2.65 bits per heavy atom. The van der Waals surface area contributed by atoms with E-state index < -0.39 is 5.41 Å². The number of aryl methyl sites for hydroxylation is 1. The zero-order chi connectivity index (χ0) is 12.7. The van der Waals surface area contributed by atoms with Crippen molar-refractivity contribution in [2.75, 3.05) is 0 Å². The van der Waals surface area contributed by atoms with Crippen LogP contribution in [0.25, 0.3) is 0 Å². The lowest BCUT2D eigenvalue weighted by Gasteiger charge is -2.21. The predicted molar refractivity (Wildman–Crippen MR) is 66.6 cm³/mol. The van der Waals surface area contributed by atoms with Crippen LogP contribution >= 0.6 is 11.3 Å². The number of nitriles is 1. The molecule has 2 rings (SSSR count). The van der Waals surface area contributed by atoms with Crippen LogP contribution in [0.3, 0.4) is 0 Å². The molecule has 0 saturated heterocycles. The van der Waals surface area contributed by atoms with Gasteiger partial charge in [-0.3, -0.25) is 4.79 Å². The Morgan fingerprint density at radius 1 is 1.53 bits per heavy atom. The van der Waals surface area contributed by atoms with Crippen molar-refractivity contribution in [3.63, 3.8) is 0 Å². The number of hydrogen-bond acceptors (Lipinski definition) is 4. The summed E-state index contributed by atoms with van der Waals surface area (Å²) in [5.41, 5.74) is -1.17. The summed E-state index contributed by atoms with van der Waals surface area (Å²) in [6.45, 7) is 5.81. The van der Waals surface area contributed by atoms with Crippen LogP contribution in [0, 0.1) is 29.1 Å². The second-order valence-electron chi connectivity index (χ2n) is 5.43. The number of rotatable bonds is 2. The van der Waals surface area contributed by atoms with E-state index in [1.165, 1.54) is 0 Å². The minimum absolute atomic E-state index is 0.0959. The van der Waals surface area contributed by atoms with Crippen molar-refractivity contribution in [2.24, 2.45) is 10.8 Å². The van der Waals surface area contributed by atoms with Gasteiger partial charge in [0.05, 0.1) is 11.1 Å². The summed E-state index contributed by atoms with van der Waals surface area (Å²) in [5, 5.41) is 10.4. The Kier molecular flexibility index (Phi) is 2.82. The van der Waals surface area contributed by atoms with Crippen LogP contribution in [0.5, 0.6) is 0 Å². The summed E-state index contributed by atoms with van der Waals surface area (Å²) in [7, 11) is 0. The van der Waals surface area contributed by atoms with Crippen LogP contribution in [0.4, 0.5) is 0 Å². The Hall–Kier alpha value is -1.21. The molecule has 0 aliphatic heterocycles. The van der Waals surface area contributed by atoms with Gasteiger partial charge in [-0.15, -0.1) is 11.3 Å². The van der Waals surface area contributed by atoms with Crippen LogP contribution in [-0.2, 0) is 11.2 Å². The molecule has 1 saturated carbocycles. The van der Waals surface area contributed by atoms with Crippen molar-refractivity contribution in [3.05, 3.63) is 16.1 Å². The normalized spacial score (nSPS) is 27.1. The average Bonchev–Trinajstić information content (AvgIpc) is 2.77. The summed E-state index contributed by atoms with van der Waals surface area (Å²) < 4.78 is 0. The van der Waals surface area contributed by atoms with E-state index >= 15 is 0 Å². The maximum atomic E-state index is 12.4. The first kappa shape index (κ1) is 12.3. The molecule has 1 aromatic rings. The van der Waals surface area contributed by atoms with Crippen molar-refractivity contribution in [3.8, 4) is 6.07 Å². The average molecular weight is 248 g/mol. The molecule has 1 fully saturated rings. The fraction of sp³-hybridized carbons (Fsp3) is 0.615. The van der Waals surface area contributed by atoms with Crippen molar-refractivity contribution in [1.82, 2.24) is 4.98 Å². The van der Waals surface area contributed by atoms with Crippen molar-refractivity contribution in [1.29, 1.82) is 5.26 Å². The van der Waals surface area contributed by atoms with E-state index in [2.05, 4.69) is 11.1 Å². The fourth-order valence-electron chi connectivity index (χ4n) is 2.50. The topological polar surface area (TPSA) is 53.8 Å². The van der Waals surface area contributed by atoms with Crippen LogP contribution in [0.1, 0.15) is 36.6 Å². The highest BCUT2D eigenvalue weighted by atomic mass is 32.1. The SMILES string of the molecule is Cc1ncc(CC2(C#N)CCC(C)(C)C2=O)s1. The van der Waals surface area contributed by atoms with Gasteiger partial charge in [-0.1, -0.05) is 13.8 Å². The maximum Gasteiger partial charge on any atom is 0.159 e. The molecule has 0 N–H and O–H groups in total. The second-order valence-corrected chi connectivity index (χ2v) is 6.75. The van der Waals surface area contributed by atoms with Gasteiger partial charge < -0.3 is 0 Å². The monoisotopic (exact) mass is 248 g/mol. The number of hydrogen-bond donors (Lipinski definition) is 0. The highest BCUT2D eigenvalue weighted by molar-refractivity contribution is 7.11. The van der Waals surface area contributed by atoms with Gasteiger partial charge in [0.2, 0.25) is 0 Å². The Morgan fingerprint density at radius 2 is 2.24 bits per heavy atom. The highest BCUT2D eigenvalue weighted by Gasteiger charge is 2.52. The van der Waals surface area contributed by atoms with E-state index in [9.17, 15) is 10.1 Å². The van der Waals surface area contributed by atoms with Gasteiger partial charge >= 0.3 is 0 Å². The van der Waals surface area contributed by atoms with Crippen LogP contribution in [-0.4, -0.2) is 10.8 Å². The van der Waals surface area contributed by atoms with Gasteiger partial charge in [-0.2, -0.15) is 5.26 Å². The lowest BCUT2D eigenvalue weighted by atomic mass is 9.78. The Bertz CT molecular complexity index is 498. The summed E-state index contributed by atoms with van der Waals surface area (Å²) in [6, 6.07) is 2.27. The molecule has 0 amide bonds. The molecule has 0 radical (unpaired) electrons. The molecule has 3 nitrogen and oxygen atoms in total. The van der Waals surface area contributed by atoms with Crippen molar-refractivity contribution >= 4 is 17.1 Å². The van der Waals surface area contributed by atoms with Gasteiger partial charge in [0, 0.05) is 22.9 Å². The smallest absolute Gasteiger partial charge is 0.159 e. The van der Waals surface area contributed by atoms with Gasteiger partial charge in [0.15, 0.2) is 5.78 Å². The van der Waals surface area contributed by atoms with Gasteiger partial charge in [-0.05, 0) is 19.8 Å². The van der Waals surface area contributed by atoms with Gasteiger partial charge in [-0.25, -0.2) is 4.98 Å². The number of aromatic nitrogens is 1. The zero-order valence-corrected chi connectivity index (χ0v) is 11.2. The lowest BCUT2D eigenvalue weighted by Crippen LogP contribution is -2.32. The predicted octanol–water partition coefficient (Wildman–Crippen LogP) is 2.89. The minimum atomic E-state index is -0.817. The molecule has 0 bridgehead atoms. The first-order valence-electron chi connectivity index (χ1n) is 5.77. The first-order chi connectivity index (χ1) is 7.89. The molecule has 1 aliphatic carbocycles. The van der Waals surface area contributed by atoms with Crippen LogP contribution < -0.4 is 0 Å². The zero-order valence-electron chi connectivity index (χ0n) is 10.4. The first-order valence-corrected chi connectivity index (χ1v) is 6.59. The molecular formula is C13H16N2OS. The standard InChI is InChI=1S/C13H16N2OS/c1-9-15-7-10(17-9)6-13(8-14)5-4-12(2,3)11(13)16/h7H,4-6H2,1-3H3. The summed E-state index contributed by atoms with van der Waals surface area (Å²) in [6.07, 6.45) is 3.79. The van der Waals surface area contributed by atoms with E-state index in [0.29, 0.717) is 12.8 Å². The maximum absolute atomic E-state index is 12.4. The third-order valence-corrected chi connectivity index (χ3v) is 4.50. The molecule has 1 aliphatic rings. The quantitative estimate of drug-likeness (QED) is 0.808. The van der Waals surface area contributed by atoms with E-state index in [1.54, 1.807) is 17.5 Å². The third kappa shape index (κ3) is 2.00. The van der Waals surface area contributed by atoms with E-state index in [-0.39, 0.29) is 11.2 Å². The van der Waals surface area contributed by atoms with E-state index in [0.717, 1.165) is 16.3 Å². The highest BCUT2D eigenvalue weighted by Crippen LogP contribution is 2.47. The van der Waals surface area contributed by atoms with Crippen LogP contribution in [0.2, 0.25) is 0 Å². The molecule has 17 heavy (non-hydrogen) atoms. The van der Waals surface area contributed by atoms with Crippen molar-refractivity contribution in [2.45, 2.75) is 40.0 Å². The van der Waals surface area contributed by atoms with E-state index in [4.69, 9.17) is 0 Å². The molecule has 4 heteroatoms. The van der Waals surface area contributed by atoms with Crippen LogP contribution in [0.15, 0.2) is 6.20 Å². The van der Waals surface area contributed by atoms with E-state index in [1.807, 2.05) is 20.8 Å². The number of thiazole rings is 1. The van der Waals surface area contributed by atoms with Gasteiger partial charge in [0.1, 0.15) is 5.41 Å². The number of carbonyl (C=O) groups is 1. The summed E-state index contributed by atoms with van der Waals surface area (Å²) in [5.74, 6) is 0.0959. The number of Topliss-reactive ketones (excluding diaryl/α,β-unsaturated/α-hetero) is 1. The molecule has 0 spiro atoms. The lowest BCUT2D eigenvalue weighted by molar-refractivity contribution is -0.130. The molecule has 1 unspecified atom stereocenters. The molecular weight excluding hydrogens is 232 g/mol. The molecule has 1 atom stereocenters. The molecule has 1 aromatic heterocycles. The third-order valence-electron chi connectivity index (χ3n) is 3.59. The fourth-order valence-corrected chi connectivity index (χ4v) is 3.41. The Labute approximate surface area is 105 Å². The number of ketones is 1. The largest absolute Gasteiger partial charge is 0.297 e. The van der Waals surface area contributed by atoms with Crippen molar-refractivity contribution < 1.29 is 4.79 Å². The molecule has 1 heterocycles.